The first-order valence-corrected chi connectivity index (χ1v) is 7.97. The van der Waals surface area contributed by atoms with Crippen LogP contribution >= 0.6 is 0 Å². The van der Waals surface area contributed by atoms with Crippen LogP contribution < -0.4 is 5.32 Å². The minimum absolute atomic E-state index is 0.148. The fourth-order valence-electron chi connectivity index (χ4n) is 3.01. The Kier molecular flexibility index (Phi) is 6.15. The monoisotopic (exact) mass is 293 g/mol. The molecule has 2 atom stereocenters. The van der Waals surface area contributed by atoms with Crippen LogP contribution in [-0.4, -0.2) is 56.1 Å². The average molecular weight is 293 g/mol. The highest BCUT2D eigenvalue weighted by Crippen LogP contribution is 2.23. The molecule has 1 aliphatic heterocycles. The molecule has 3 nitrogen and oxygen atoms in total. The summed E-state index contributed by atoms with van der Waals surface area (Å²) in [6, 6.07) is 7.76. The molecule has 4 heteroatoms. The van der Waals surface area contributed by atoms with Gasteiger partial charge >= 0.3 is 0 Å². The molecule has 0 spiro atoms. The Labute approximate surface area is 128 Å². The molecule has 2 unspecified atom stereocenters. The number of hydrogen-bond acceptors (Lipinski definition) is 3. The van der Waals surface area contributed by atoms with E-state index in [9.17, 15) is 4.39 Å². The van der Waals surface area contributed by atoms with Gasteiger partial charge in [-0.2, -0.15) is 0 Å². The second-order valence-corrected chi connectivity index (χ2v) is 6.19. The van der Waals surface area contributed by atoms with Crippen molar-refractivity contribution in [2.45, 2.75) is 31.8 Å². The molecule has 0 amide bonds. The smallest absolute Gasteiger partial charge is 0.123 e. The number of benzene rings is 1. The zero-order chi connectivity index (χ0) is 15.2. The summed E-state index contributed by atoms with van der Waals surface area (Å²) in [5.74, 6) is -0.148. The van der Waals surface area contributed by atoms with E-state index in [2.05, 4.69) is 36.1 Å². The Bertz CT molecular complexity index is 438. The molecule has 1 N–H and O–H groups in total. The maximum atomic E-state index is 13.5. The summed E-state index contributed by atoms with van der Waals surface area (Å²) < 4.78 is 13.5. The fraction of sp³-hybridized carbons (Fsp3) is 0.647. The van der Waals surface area contributed by atoms with E-state index in [4.69, 9.17) is 0 Å². The Morgan fingerprint density at radius 2 is 2.14 bits per heavy atom. The summed E-state index contributed by atoms with van der Waals surface area (Å²) in [5, 5.41) is 3.58. The van der Waals surface area contributed by atoms with Crippen LogP contribution in [0.15, 0.2) is 24.3 Å². The van der Waals surface area contributed by atoms with Gasteiger partial charge in [0.05, 0.1) is 0 Å². The third-order valence-corrected chi connectivity index (χ3v) is 4.38. The lowest BCUT2D eigenvalue weighted by atomic mass is 9.97. The van der Waals surface area contributed by atoms with Crippen LogP contribution in [0.3, 0.4) is 0 Å². The van der Waals surface area contributed by atoms with E-state index in [0.29, 0.717) is 6.04 Å². The normalized spacial score (nSPS) is 22.4. The zero-order valence-electron chi connectivity index (χ0n) is 13.5. The van der Waals surface area contributed by atoms with Crippen molar-refractivity contribution in [3.63, 3.8) is 0 Å². The number of rotatable bonds is 6. The van der Waals surface area contributed by atoms with Gasteiger partial charge in [0, 0.05) is 31.7 Å². The lowest BCUT2D eigenvalue weighted by Gasteiger charge is -2.39. The van der Waals surface area contributed by atoms with E-state index in [-0.39, 0.29) is 11.9 Å². The summed E-state index contributed by atoms with van der Waals surface area (Å²) >= 11 is 0. The van der Waals surface area contributed by atoms with E-state index in [1.54, 1.807) is 6.07 Å². The lowest BCUT2D eigenvalue weighted by Crippen LogP contribution is -2.51. The molecule has 0 aliphatic carbocycles. The Morgan fingerprint density at radius 3 is 2.86 bits per heavy atom. The van der Waals surface area contributed by atoms with Crippen LogP contribution in [0, 0.1) is 5.82 Å². The largest absolute Gasteiger partial charge is 0.310 e. The molecule has 0 radical (unpaired) electrons. The van der Waals surface area contributed by atoms with E-state index >= 15 is 0 Å². The first-order chi connectivity index (χ1) is 10.1. The Balaban J connectivity index is 2.08. The van der Waals surface area contributed by atoms with E-state index in [1.165, 1.54) is 6.07 Å². The maximum Gasteiger partial charge on any atom is 0.123 e. The van der Waals surface area contributed by atoms with Gasteiger partial charge in [0.25, 0.3) is 0 Å². The second kappa shape index (κ2) is 7.87. The molecular formula is C17H28FN3. The van der Waals surface area contributed by atoms with Gasteiger partial charge in [0.2, 0.25) is 0 Å². The van der Waals surface area contributed by atoms with Gasteiger partial charge in [0.1, 0.15) is 5.82 Å². The van der Waals surface area contributed by atoms with Gasteiger partial charge < -0.3 is 15.1 Å². The molecule has 0 aromatic heterocycles. The molecule has 0 saturated carbocycles. The van der Waals surface area contributed by atoms with Crippen LogP contribution in [-0.2, 0) is 0 Å². The van der Waals surface area contributed by atoms with Crippen LogP contribution in [0.2, 0.25) is 0 Å². The SMILES string of the molecule is CCCNC(CC1CN(C)CCN1C)c1cccc(F)c1. The Morgan fingerprint density at radius 1 is 1.33 bits per heavy atom. The molecule has 1 fully saturated rings. The molecule has 2 rings (SSSR count). The van der Waals surface area contributed by atoms with Crippen molar-refractivity contribution in [1.29, 1.82) is 0 Å². The average Bonchev–Trinajstić information content (AvgIpc) is 2.47. The number of nitrogens with zero attached hydrogens (tertiary/aromatic N) is 2. The quantitative estimate of drug-likeness (QED) is 0.869. The summed E-state index contributed by atoms with van der Waals surface area (Å²) in [6.07, 6.45) is 2.11. The first-order valence-electron chi connectivity index (χ1n) is 7.97. The molecule has 1 aromatic rings. The van der Waals surface area contributed by atoms with Crippen molar-refractivity contribution in [3.8, 4) is 0 Å². The molecule has 1 aliphatic rings. The van der Waals surface area contributed by atoms with E-state index in [0.717, 1.165) is 44.6 Å². The topological polar surface area (TPSA) is 18.5 Å². The molecule has 21 heavy (non-hydrogen) atoms. The molecular weight excluding hydrogens is 265 g/mol. The van der Waals surface area contributed by atoms with Crippen molar-refractivity contribution in [1.82, 2.24) is 15.1 Å². The van der Waals surface area contributed by atoms with E-state index < -0.39 is 0 Å². The highest BCUT2D eigenvalue weighted by molar-refractivity contribution is 5.20. The van der Waals surface area contributed by atoms with E-state index in [1.807, 2.05) is 12.1 Å². The van der Waals surface area contributed by atoms with Crippen molar-refractivity contribution in [2.75, 3.05) is 40.3 Å². The highest BCUT2D eigenvalue weighted by atomic mass is 19.1. The minimum Gasteiger partial charge on any atom is -0.310 e. The predicted octanol–water partition coefficient (Wildman–Crippen LogP) is 2.50. The van der Waals surface area contributed by atoms with Gasteiger partial charge in [-0.25, -0.2) is 4.39 Å². The molecule has 118 valence electrons. The number of likely N-dealkylation sites (N-methyl/N-ethyl adjacent to an activating group) is 2. The van der Waals surface area contributed by atoms with Crippen molar-refractivity contribution in [2.24, 2.45) is 0 Å². The van der Waals surface area contributed by atoms with Crippen LogP contribution in [0.5, 0.6) is 0 Å². The van der Waals surface area contributed by atoms with Crippen molar-refractivity contribution >= 4 is 0 Å². The van der Waals surface area contributed by atoms with Gasteiger partial charge in [0.15, 0.2) is 0 Å². The number of halogens is 1. The van der Waals surface area contributed by atoms with Gasteiger partial charge in [-0.1, -0.05) is 19.1 Å². The van der Waals surface area contributed by atoms with Crippen LogP contribution in [0.25, 0.3) is 0 Å². The van der Waals surface area contributed by atoms with Gasteiger partial charge in [-0.3, -0.25) is 0 Å². The van der Waals surface area contributed by atoms with Crippen LogP contribution in [0.4, 0.5) is 4.39 Å². The van der Waals surface area contributed by atoms with Gasteiger partial charge in [-0.15, -0.1) is 0 Å². The van der Waals surface area contributed by atoms with Crippen LogP contribution in [0.1, 0.15) is 31.4 Å². The number of nitrogens with one attached hydrogen (secondary N) is 1. The second-order valence-electron chi connectivity index (χ2n) is 6.19. The maximum absolute atomic E-state index is 13.5. The highest BCUT2D eigenvalue weighted by Gasteiger charge is 2.25. The molecule has 0 bridgehead atoms. The number of hydrogen-bond donors (Lipinski definition) is 1. The molecule has 1 saturated heterocycles. The molecule has 1 heterocycles. The third-order valence-electron chi connectivity index (χ3n) is 4.38. The summed E-state index contributed by atoms with van der Waals surface area (Å²) in [5.41, 5.74) is 1.06. The fourth-order valence-corrected chi connectivity index (χ4v) is 3.01. The first kappa shape index (κ1) is 16.4. The predicted molar refractivity (Wildman–Crippen MR) is 86.0 cm³/mol. The summed E-state index contributed by atoms with van der Waals surface area (Å²) in [6.45, 7) is 6.44. The lowest BCUT2D eigenvalue weighted by molar-refractivity contribution is 0.101. The third kappa shape index (κ3) is 4.77. The standard InChI is InChI=1S/C17H28FN3/c1-4-8-19-17(14-6-5-7-15(18)11-14)12-16-13-20(2)9-10-21(16)3/h5-7,11,16-17,19H,4,8-10,12-13H2,1-3H3. The van der Waals surface area contributed by atoms with Crippen molar-refractivity contribution in [3.05, 3.63) is 35.6 Å². The Hall–Kier alpha value is -0.970. The minimum atomic E-state index is -0.148. The summed E-state index contributed by atoms with van der Waals surface area (Å²) in [7, 11) is 4.37. The molecule has 1 aromatic carbocycles. The van der Waals surface area contributed by atoms with Crippen molar-refractivity contribution < 1.29 is 4.39 Å². The van der Waals surface area contributed by atoms with Gasteiger partial charge in [-0.05, 0) is 51.2 Å². The number of piperazine rings is 1. The zero-order valence-corrected chi connectivity index (χ0v) is 13.5. The summed E-state index contributed by atoms with van der Waals surface area (Å²) in [4.78, 5) is 4.81.